The van der Waals surface area contributed by atoms with Crippen LogP contribution in [0.3, 0.4) is 0 Å². The van der Waals surface area contributed by atoms with Gasteiger partial charge >= 0.3 is 0 Å². The van der Waals surface area contributed by atoms with Crippen LogP contribution >= 0.6 is 0 Å². The lowest BCUT2D eigenvalue weighted by atomic mass is 9.66. The van der Waals surface area contributed by atoms with E-state index in [2.05, 4.69) is 77.9 Å². The fourth-order valence-corrected chi connectivity index (χ4v) is 3.29. The van der Waals surface area contributed by atoms with Crippen LogP contribution in [-0.2, 0) is 5.41 Å². The van der Waals surface area contributed by atoms with Crippen molar-refractivity contribution in [1.82, 2.24) is 0 Å². The van der Waals surface area contributed by atoms with E-state index in [1.54, 1.807) is 0 Å². The lowest BCUT2D eigenvalue weighted by Crippen LogP contribution is -2.37. The molecule has 2 nitrogen and oxygen atoms in total. The normalized spacial score (nSPS) is 12.1. The highest BCUT2D eigenvalue weighted by Crippen LogP contribution is 2.40. The number of rotatable bonds is 4. The molecule has 0 atom stereocenters. The van der Waals surface area contributed by atoms with Crippen LogP contribution in [-0.4, -0.2) is 5.71 Å². The van der Waals surface area contributed by atoms with Crippen LogP contribution in [0, 0.1) is 0 Å². The Kier molecular flexibility index (Phi) is 4.24. The first kappa shape index (κ1) is 15.0. The van der Waals surface area contributed by atoms with E-state index in [9.17, 15) is 0 Å². The SMILES string of the molecule is C/C(=N\N)C(c1ccccc1)(c1ccccc1)c1ccccc1. The van der Waals surface area contributed by atoms with E-state index >= 15 is 0 Å². The number of nitrogens with zero attached hydrogens (tertiary/aromatic N) is 1. The van der Waals surface area contributed by atoms with Crippen LogP contribution in [0.2, 0.25) is 0 Å². The van der Waals surface area contributed by atoms with Crippen molar-refractivity contribution in [1.29, 1.82) is 0 Å². The van der Waals surface area contributed by atoms with Crippen molar-refractivity contribution in [3.8, 4) is 0 Å². The van der Waals surface area contributed by atoms with Gasteiger partial charge < -0.3 is 5.84 Å². The largest absolute Gasteiger partial charge is 0.323 e. The molecular weight excluding hydrogens is 280 g/mol. The minimum atomic E-state index is -0.488. The molecule has 2 heteroatoms. The third-order valence-electron chi connectivity index (χ3n) is 4.36. The average molecular weight is 300 g/mol. The summed E-state index contributed by atoms with van der Waals surface area (Å²) >= 11 is 0. The monoisotopic (exact) mass is 300 g/mol. The second kappa shape index (κ2) is 6.49. The van der Waals surface area contributed by atoms with Gasteiger partial charge in [0, 0.05) is 0 Å². The fraction of sp³-hybridized carbons (Fsp3) is 0.0952. The average Bonchev–Trinajstić information content (AvgIpc) is 2.65. The van der Waals surface area contributed by atoms with Crippen molar-refractivity contribution >= 4 is 5.71 Å². The zero-order chi connectivity index (χ0) is 16.1. The summed E-state index contributed by atoms with van der Waals surface area (Å²) in [6.45, 7) is 1.99. The zero-order valence-corrected chi connectivity index (χ0v) is 13.2. The topological polar surface area (TPSA) is 38.4 Å². The van der Waals surface area contributed by atoms with Gasteiger partial charge in [-0.3, -0.25) is 0 Å². The van der Waals surface area contributed by atoms with Gasteiger partial charge in [-0.25, -0.2) is 0 Å². The maximum atomic E-state index is 5.76. The Labute approximate surface area is 137 Å². The first-order valence-corrected chi connectivity index (χ1v) is 7.71. The molecule has 0 radical (unpaired) electrons. The molecule has 114 valence electrons. The Morgan fingerprint density at radius 2 is 0.957 bits per heavy atom. The predicted octanol–water partition coefficient (Wildman–Crippen LogP) is 4.36. The van der Waals surface area contributed by atoms with E-state index in [1.807, 2.05) is 25.1 Å². The summed E-state index contributed by atoms with van der Waals surface area (Å²) in [6, 6.07) is 31.2. The van der Waals surface area contributed by atoms with Gasteiger partial charge in [-0.2, -0.15) is 5.10 Å². The molecule has 0 fully saturated rings. The first-order valence-electron chi connectivity index (χ1n) is 7.71. The third-order valence-corrected chi connectivity index (χ3v) is 4.36. The van der Waals surface area contributed by atoms with E-state index in [0.717, 1.165) is 22.4 Å². The molecule has 0 amide bonds. The molecule has 0 saturated heterocycles. The summed E-state index contributed by atoms with van der Waals surface area (Å²) in [6.07, 6.45) is 0. The van der Waals surface area contributed by atoms with Gasteiger partial charge in [-0.05, 0) is 23.6 Å². The first-order chi connectivity index (χ1) is 11.3. The van der Waals surface area contributed by atoms with Crippen molar-refractivity contribution in [2.75, 3.05) is 0 Å². The molecule has 0 spiro atoms. The molecule has 3 aromatic rings. The van der Waals surface area contributed by atoms with Gasteiger partial charge in [-0.1, -0.05) is 91.0 Å². The smallest absolute Gasteiger partial charge is 0.0849 e. The Hall–Kier alpha value is -2.87. The van der Waals surface area contributed by atoms with Gasteiger partial charge in [0.2, 0.25) is 0 Å². The Morgan fingerprint density at radius 1 is 0.652 bits per heavy atom. The van der Waals surface area contributed by atoms with Crippen LogP contribution in [0.5, 0.6) is 0 Å². The minimum absolute atomic E-state index is 0.488. The second-order valence-corrected chi connectivity index (χ2v) is 5.56. The standard InChI is InChI=1S/C21H20N2/c1-17(23-22)21(18-11-5-2-6-12-18,19-13-7-3-8-14-19)20-15-9-4-10-16-20/h2-16H,22H2,1H3/b23-17+. The zero-order valence-electron chi connectivity index (χ0n) is 13.2. The quantitative estimate of drug-likeness (QED) is 0.331. The summed E-state index contributed by atoms with van der Waals surface area (Å²) in [5, 5.41) is 4.11. The number of hydrogen-bond acceptors (Lipinski definition) is 2. The van der Waals surface area contributed by atoms with Crippen molar-refractivity contribution in [3.05, 3.63) is 108 Å². The van der Waals surface area contributed by atoms with E-state index in [1.165, 1.54) is 0 Å². The number of hydrazone groups is 1. The van der Waals surface area contributed by atoms with Gasteiger partial charge in [0.05, 0.1) is 11.1 Å². The van der Waals surface area contributed by atoms with Crippen LogP contribution in [0.15, 0.2) is 96.1 Å². The van der Waals surface area contributed by atoms with E-state index < -0.39 is 5.41 Å². The molecule has 0 aliphatic rings. The Morgan fingerprint density at radius 3 is 1.22 bits per heavy atom. The van der Waals surface area contributed by atoms with E-state index in [0.29, 0.717) is 0 Å². The highest BCUT2D eigenvalue weighted by molar-refractivity contribution is 5.99. The molecule has 0 aliphatic carbocycles. The molecule has 3 aromatic carbocycles. The van der Waals surface area contributed by atoms with Crippen LogP contribution in [0.1, 0.15) is 23.6 Å². The summed E-state index contributed by atoms with van der Waals surface area (Å²) in [4.78, 5) is 0. The number of hydrogen-bond donors (Lipinski definition) is 1. The fourth-order valence-electron chi connectivity index (χ4n) is 3.29. The van der Waals surface area contributed by atoms with Crippen LogP contribution < -0.4 is 5.84 Å². The van der Waals surface area contributed by atoms with Crippen molar-refractivity contribution in [2.45, 2.75) is 12.3 Å². The molecule has 23 heavy (non-hydrogen) atoms. The van der Waals surface area contributed by atoms with Crippen molar-refractivity contribution in [2.24, 2.45) is 10.9 Å². The molecule has 0 heterocycles. The summed E-state index contributed by atoms with van der Waals surface area (Å²) in [5.41, 5.74) is 3.84. The van der Waals surface area contributed by atoms with Gasteiger partial charge in [0.25, 0.3) is 0 Å². The van der Waals surface area contributed by atoms with E-state index in [4.69, 9.17) is 5.84 Å². The number of nitrogens with two attached hydrogens (primary N) is 1. The highest BCUT2D eigenvalue weighted by Gasteiger charge is 2.39. The predicted molar refractivity (Wildman–Crippen MR) is 96.5 cm³/mol. The molecule has 2 N–H and O–H groups in total. The molecule has 0 unspecified atom stereocenters. The van der Waals surface area contributed by atoms with E-state index in [-0.39, 0.29) is 0 Å². The lowest BCUT2D eigenvalue weighted by molar-refractivity contribution is 0.815. The number of benzene rings is 3. The van der Waals surface area contributed by atoms with Crippen molar-refractivity contribution in [3.63, 3.8) is 0 Å². The lowest BCUT2D eigenvalue weighted by Gasteiger charge is -2.35. The van der Waals surface area contributed by atoms with Gasteiger partial charge in [-0.15, -0.1) is 0 Å². The molecular formula is C21H20N2. The van der Waals surface area contributed by atoms with Gasteiger partial charge in [0.15, 0.2) is 0 Å². The maximum Gasteiger partial charge on any atom is 0.0849 e. The maximum absolute atomic E-state index is 5.76. The molecule has 0 aliphatic heterocycles. The van der Waals surface area contributed by atoms with Crippen LogP contribution in [0.25, 0.3) is 0 Å². The molecule has 0 saturated carbocycles. The molecule has 0 aromatic heterocycles. The second-order valence-electron chi connectivity index (χ2n) is 5.56. The highest BCUT2D eigenvalue weighted by atomic mass is 15.1. The van der Waals surface area contributed by atoms with Crippen molar-refractivity contribution < 1.29 is 0 Å². The van der Waals surface area contributed by atoms with Gasteiger partial charge in [0.1, 0.15) is 0 Å². The molecule has 3 rings (SSSR count). The summed E-state index contributed by atoms with van der Waals surface area (Å²) < 4.78 is 0. The summed E-state index contributed by atoms with van der Waals surface area (Å²) in [7, 11) is 0. The minimum Gasteiger partial charge on any atom is -0.323 e. The van der Waals surface area contributed by atoms with Crippen LogP contribution in [0.4, 0.5) is 0 Å². The molecule has 0 bridgehead atoms. The summed E-state index contributed by atoms with van der Waals surface area (Å²) in [5.74, 6) is 5.76. The third kappa shape index (κ3) is 2.53. The Balaban J connectivity index is 2.41. The Bertz CT molecular complexity index is 681.